The second-order valence-electron chi connectivity index (χ2n) is 4.26. The molecule has 1 heterocycles. The van der Waals surface area contributed by atoms with Crippen molar-refractivity contribution in [2.24, 2.45) is 7.05 Å². The van der Waals surface area contributed by atoms with E-state index in [9.17, 15) is 9.50 Å². The third-order valence-corrected chi connectivity index (χ3v) is 2.94. The quantitative estimate of drug-likeness (QED) is 0.872. The van der Waals surface area contributed by atoms with Crippen molar-refractivity contribution in [3.05, 3.63) is 47.8 Å². The Kier molecular flexibility index (Phi) is 3.62. The number of nitrogens with zero attached hydrogens (tertiary/aromatic N) is 2. The lowest BCUT2D eigenvalue weighted by Gasteiger charge is -2.15. The molecule has 96 valence electrons. The molecule has 0 aliphatic heterocycles. The molecule has 5 heteroatoms. The van der Waals surface area contributed by atoms with Gasteiger partial charge in [-0.3, -0.25) is 0 Å². The molecule has 0 fully saturated rings. The van der Waals surface area contributed by atoms with E-state index in [1.165, 1.54) is 18.2 Å². The number of aromatic nitrogens is 2. The molecule has 2 rings (SSSR count). The summed E-state index contributed by atoms with van der Waals surface area (Å²) < 4.78 is 15.0. The predicted octanol–water partition coefficient (Wildman–Crippen LogP) is 2.12. The number of imidazole rings is 1. The molecule has 0 spiro atoms. The van der Waals surface area contributed by atoms with E-state index in [1.807, 2.05) is 24.7 Å². The Labute approximate surface area is 105 Å². The number of aryl methyl sites for hydroxylation is 1. The molecular weight excluding hydrogens is 233 g/mol. The Morgan fingerprint density at radius 3 is 2.94 bits per heavy atom. The topological polar surface area (TPSA) is 50.1 Å². The summed E-state index contributed by atoms with van der Waals surface area (Å²) in [5.41, 5.74) is 0.546. The van der Waals surface area contributed by atoms with E-state index < -0.39 is 0 Å². The molecule has 0 saturated heterocycles. The van der Waals surface area contributed by atoms with E-state index in [0.717, 1.165) is 5.82 Å². The van der Waals surface area contributed by atoms with Crippen LogP contribution in [0.1, 0.15) is 24.4 Å². The Hall–Kier alpha value is -1.88. The first-order valence-corrected chi connectivity index (χ1v) is 5.76. The van der Waals surface area contributed by atoms with Crippen molar-refractivity contribution in [3.63, 3.8) is 0 Å². The van der Waals surface area contributed by atoms with Gasteiger partial charge in [-0.15, -0.1) is 0 Å². The van der Waals surface area contributed by atoms with Gasteiger partial charge in [-0.25, -0.2) is 9.37 Å². The molecule has 4 nitrogen and oxygen atoms in total. The lowest BCUT2D eigenvalue weighted by atomic mass is 10.1. The molecule has 0 aliphatic rings. The highest BCUT2D eigenvalue weighted by molar-refractivity contribution is 5.34. The van der Waals surface area contributed by atoms with Crippen LogP contribution in [0.4, 0.5) is 4.39 Å². The van der Waals surface area contributed by atoms with Gasteiger partial charge in [0.15, 0.2) is 0 Å². The van der Waals surface area contributed by atoms with Crippen LogP contribution in [0.2, 0.25) is 0 Å². The summed E-state index contributed by atoms with van der Waals surface area (Å²) in [7, 11) is 1.91. The molecule has 1 aromatic heterocycles. The van der Waals surface area contributed by atoms with Crippen LogP contribution in [0.25, 0.3) is 0 Å². The van der Waals surface area contributed by atoms with Gasteiger partial charge in [-0.2, -0.15) is 0 Å². The van der Waals surface area contributed by atoms with Gasteiger partial charge < -0.3 is 15.0 Å². The molecule has 1 unspecified atom stereocenters. The van der Waals surface area contributed by atoms with Gasteiger partial charge in [-0.05, 0) is 25.1 Å². The van der Waals surface area contributed by atoms with E-state index in [0.29, 0.717) is 12.1 Å². The summed E-state index contributed by atoms with van der Waals surface area (Å²) in [5, 5.41) is 12.9. The zero-order valence-electron chi connectivity index (χ0n) is 10.4. The number of benzene rings is 1. The first-order chi connectivity index (χ1) is 8.58. The van der Waals surface area contributed by atoms with E-state index in [2.05, 4.69) is 10.3 Å². The summed E-state index contributed by atoms with van der Waals surface area (Å²) >= 11 is 0. The molecule has 2 aromatic rings. The fraction of sp³-hybridized carbons (Fsp3) is 0.308. The lowest BCUT2D eigenvalue weighted by Crippen LogP contribution is -2.20. The average molecular weight is 249 g/mol. The van der Waals surface area contributed by atoms with Crippen LogP contribution in [0, 0.1) is 5.82 Å². The van der Waals surface area contributed by atoms with Crippen LogP contribution in [0.3, 0.4) is 0 Å². The number of aromatic hydroxyl groups is 1. The van der Waals surface area contributed by atoms with Crippen molar-refractivity contribution in [2.75, 3.05) is 0 Å². The molecule has 1 atom stereocenters. The summed E-state index contributed by atoms with van der Waals surface area (Å²) in [6.07, 6.45) is 3.59. The minimum atomic E-state index is -0.353. The van der Waals surface area contributed by atoms with Gasteiger partial charge in [0, 0.05) is 31.0 Å². The molecule has 0 amide bonds. The van der Waals surface area contributed by atoms with Crippen LogP contribution in [0.5, 0.6) is 5.75 Å². The largest absolute Gasteiger partial charge is 0.508 e. The summed E-state index contributed by atoms with van der Waals surface area (Å²) in [6.45, 7) is 2.43. The van der Waals surface area contributed by atoms with Gasteiger partial charge in [0.2, 0.25) is 0 Å². The third-order valence-electron chi connectivity index (χ3n) is 2.94. The van der Waals surface area contributed by atoms with Gasteiger partial charge in [-0.1, -0.05) is 0 Å². The second-order valence-corrected chi connectivity index (χ2v) is 4.26. The van der Waals surface area contributed by atoms with E-state index in [-0.39, 0.29) is 17.6 Å². The first kappa shape index (κ1) is 12.6. The second kappa shape index (κ2) is 5.18. The van der Waals surface area contributed by atoms with Crippen molar-refractivity contribution in [1.29, 1.82) is 0 Å². The van der Waals surface area contributed by atoms with Crippen molar-refractivity contribution in [1.82, 2.24) is 14.9 Å². The van der Waals surface area contributed by atoms with Crippen molar-refractivity contribution >= 4 is 0 Å². The minimum absolute atomic E-state index is 0.0937. The van der Waals surface area contributed by atoms with Crippen LogP contribution >= 0.6 is 0 Å². The van der Waals surface area contributed by atoms with E-state index in [4.69, 9.17) is 0 Å². The van der Waals surface area contributed by atoms with Gasteiger partial charge >= 0.3 is 0 Å². The smallest absolute Gasteiger partial charge is 0.123 e. The number of phenols is 1. The molecule has 0 saturated carbocycles. The standard InChI is InChI=1S/C13H16FN3O/c1-9(11-7-10(14)3-4-12(11)18)16-8-13-15-5-6-17(13)2/h3-7,9,16,18H,8H2,1-2H3. The number of rotatable bonds is 4. The van der Waals surface area contributed by atoms with Crippen LogP contribution in [0.15, 0.2) is 30.6 Å². The Morgan fingerprint density at radius 1 is 1.50 bits per heavy atom. The summed E-state index contributed by atoms with van der Waals surface area (Å²) in [6, 6.07) is 3.79. The fourth-order valence-electron chi connectivity index (χ4n) is 1.79. The maximum Gasteiger partial charge on any atom is 0.123 e. The molecule has 0 radical (unpaired) electrons. The Bertz CT molecular complexity index is 539. The normalized spacial score (nSPS) is 12.6. The minimum Gasteiger partial charge on any atom is -0.508 e. The first-order valence-electron chi connectivity index (χ1n) is 5.76. The number of halogens is 1. The van der Waals surface area contributed by atoms with Crippen LogP contribution in [-0.4, -0.2) is 14.7 Å². The number of phenolic OH excluding ortho intramolecular Hbond substituents is 1. The van der Waals surface area contributed by atoms with Crippen molar-refractivity contribution in [3.8, 4) is 5.75 Å². The highest BCUT2D eigenvalue weighted by atomic mass is 19.1. The van der Waals surface area contributed by atoms with Gasteiger partial charge in [0.25, 0.3) is 0 Å². The van der Waals surface area contributed by atoms with Crippen LogP contribution in [-0.2, 0) is 13.6 Å². The lowest BCUT2D eigenvalue weighted by molar-refractivity contribution is 0.447. The maximum absolute atomic E-state index is 13.1. The third kappa shape index (κ3) is 2.68. The highest BCUT2D eigenvalue weighted by Crippen LogP contribution is 2.24. The zero-order chi connectivity index (χ0) is 13.1. The number of hydrogen-bond donors (Lipinski definition) is 2. The number of nitrogens with one attached hydrogen (secondary N) is 1. The van der Waals surface area contributed by atoms with Crippen molar-refractivity contribution in [2.45, 2.75) is 19.5 Å². The van der Waals surface area contributed by atoms with E-state index >= 15 is 0 Å². The molecule has 2 N–H and O–H groups in total. The monoisotopic (exact) mass is 249 g/mol. The molecule has 18 heavy (non-hydrogen) atoms. The molecule has 0 bridgehead atoms. The summed E-state index contributed by atoms with van der Waals surface area (Å²) in [5.74, 6) is 0.627. The maximum atomic E-state index is 13.1. The number of hydrogen-bond acceptors (Lipinski definition) is 3. The molecule has 1 aromatic carbocycles. The highest BCUT2D eigenvalue weighted by Gasteiger charge is 2.11. The fourth-order valence-corrected chi connectivity index (χ4v) is 1.79. The SMILES string of the molecule is CC(NCc1nccn1C)c1cc(F)ccc1O. The van der Waals surface area contributed by atoms with Gasteiger partial charge in [0.05, 0.1) is 6.54 Å². The van der Waals surface area contributed by atoms with Crippen molar-refractivity contribution < 1.29 is 9.50 Å². The molecule has 0 aliphatic carbocycles. The zero-order valence-corrected chi connectivity index (χ0v) is 10.4. The van der Waals surface area contributed by atoms with E-state index in [1.54, 1.807) is 6.20 Å². The van der Waals surface area contributed by atoms with Crippen LogP contribution < -0.4 is 5.32 Å². The predicted molar refractivity (Wildman–Crippen MR) is 66.5 cm³/mol. The Balaban J connectivity index is 2.06. The Morgan fingerprint density at radius 2 is 2.28 bits per heavy atom. The summed E-state index contributed by atoms with van der Waals surface area (Å²) in [4.78, 5) is 4.19. The average Bonchev–Trinajstić information content (AvgIpc) is 2.75. The van der Waals surface area contributed by atoms with Gasteiger partial charge in [0.1, 0.15) is 17.4 Å². The molecular formula is C13H16FN3O.